The highest BCUT2D eigenvalue weighted by molar-refractivity contribution is 6.06. The van der Waals surface area contributed by atoms with E-state index in [1.54, 1.807) is 12.3 Å². The van der Waals surface area contributed by atoms with Crippen LogP contribution in [0.2, 0.25) is 0 Å². The van der Waals surface area contributed by atoms with Crippen molar-refractivity contribution in [2.45, 2.75) is 95.2 Å². The molecule has 10 nitrogen and oxygen atoms in total. The lowest BCUT2D eigenvalue weighted by molar-refractivity contribution is -0.153. The van der Waals surface area contributed by atoms with E-state index in [0.717, 1.165) is 105 Å². The van der Waals surface area contributed by atoms with Gasteiger partial charge in [0.05, 0.1) is 11.7 Å². The molecule has 5 aliphatic rings. The van der Waals surface area contributed by atoms with Crippen LogP contribution in [0, 0.1) is 12.3 Å². The zero-order valence-electron chi connectivity index (χ0n) is 30.3. The highest BCUT2D eigenvalue weighted by Crippen LogP contribution is 2.53. The molecule has 1 spiro atoms. The van der Waals surface area contributed by atoms with Crippen LogP contribution in [0.5, 0.6) is 11.8 Å². The van der Waals surface area contributed by atoms with Crippen molar-refractivity contribution in [1.82, 2.24) is 30.0 Å². The maximum atomic E-state index is 14.1. The Labute approximate surface area is 307 Å². The minimum atomic E-state index is -4.56. The Morgan fingerprint density at radius 2 is 1.79 bits per heavy atom. The SMILES string of the molecule is C=CC(O)N1CC2(CCN(c3nc(OC4CC(N5CCCCC5)C4)nc4c(OCC(F)(F)F)c(-c5c(C)ccc6[nH]ncc56)c(C5CC5)cc34)CC2)C1. The molecule has 3 saturated heterocycles. The third kappa shape index (κ3) is 6.62. The van der Waals surface area contributed by atoms with E-state index in [1.165, 1.54) is 19.3 Å². The van der Waals surface area contributed by atoms with Crippen molar-refractivity contribution in [3.8, 4) is 22.9 Å². The summed E-state index contributed by atoms with van der Waals surface area (Å²) in [5.41, 5.74) is 4.56. The number of aliphatic hydroxyl groups is 1. The predicted molar refractivity (Wildman–Crippen MR) is 197 cm³/mol. The number of alkyl halides is 3. The predicted octanol–water partition coefficient (Wildman–Crippen LogP) is 7.10. The van der Waals surface area contributed by atoms with E-state index in [1.807, 2.05) is 24.0 Å². The number of nitrogens with zero attached hydrogens (tertiary/aromatic N) is 6. The number of benzene rings is 2. The van der Waals surface area contributed by atoms with Crippen molar-refractivity contribution in [2.24, 2.45) is 5.41 Å². The minimum absolute atomic E-state index is 0.0687. The number of aromatic nitrogens is 4. The van der Waals surface area contributed by atoms with Gasteiger partial charge in [-0.2, -0.15) is 28.2 Å². The van der Waals surface area contributed by atoms with Crippen molar-refractivity contribution in [1.29, 1.82) is 0 Å². The number of likely N-dealkylation sites (tertiary alicyclic amines) is 2. The lowest BCUT2D eigenvalue weighted by Crippen LogP contribution is -2.62. The Morgan fingerprint density at radius 3 is 2.49 bits per heavy atom. The number of anilines is 1. The molecule has 2 saturated carbocycles. The molecule has 5 fully saturated rings. The first kappa shape index (κ1) is 34.8. The first-order valence-corrected chi connectivity index (χ1v) is 19.3. The van der Waals surface area contributed by atoms with Gasteiger partial charge in [0.1, 0.15) is 23.7 Å². The van der Waals surface area contributed by atoms with Crippen LogP contribution in [0.1, 0.15) is 74.8 Å². The van der Waals surface area contributed by atoms with Crippen LogP contribution in [0.25, 0.3) is 32.9 Å². The van der Waals surface area contributed by atoms with Crippen molar-refractivity contribution in [2.75, 3.05) is 50.8 Å². The number of aryl methyl sites for hydroxylation is 1. The zero-order chi connectivity index (χ0) is 36.5. The molecular weight excluding hydrogens is 683 g/mol. The fourth-order valence-electron chi connectivity index (χ4n) is 9.27. The summed E-state index contributed by atoms with van der Waals surface area (Å²) in [6.07, 6.45) is 7.19. The second kappa shape index (κ2) is 13.4. The highest BCUT2D eigenvalue weighted by atomic mass is 19.4. The number of piperidine rings is 2. The minimum Gasteiger partial charge on any atom is -0.481 e. The van der Waals surface area contributed by atoms with Gasteiger partial charge in [0.15, 0.2) is 12.4 Å². The van der Waals surface area contributed by atoms with Crippen LogP contribution in [-0.2, 0) is 0 Å². The summed E-state index contributed by atoms with van der Waals surface area (Å²) in [7, 11) is 0. The topological polar surface area (TPSA) is 103 Å². The average Bonchev–Trinajstić information content (AvgIpc) is 3.86. The number of ether oxygens (including phenoxy) is 2. The summed E-state index contributed by atoms with van der Waals surface area (Å²) in [4.78, 5) is 16.9. The Balaban J connectivity index is 1.15. The molecule has 2 aromatic carbocycles. The first-order chi connectivity index (χ1) is 25.6. The van der Waals surface area contributed by atoms with Gasteiger partial charge in [-0.05, 0) is 105 Å². The Bertz CT molecular complexity index is 2000. The van der Waals surface area contributed by atoms with E-state index < -0.39 is 19.0 Å². The molecule has 1 atom stereocenters. The van der Waals surface area contributed by atoms with Crippen LogP contribution in [0.3, 0.4) is 0 Å². The second-order valence-corrected chi connectivity index (χ2v) is 16.2. The normalized spacial score (nSPS) is 24.3. The maximum absolute atomic E-state index is 14.1. The third-order valence-electron chi connectivity index (χ3n) is 12.5. The van der Waals surface area contributed by atoms with Gasteiger partial charge in [-0.3, -0.25) is 10.00 Å². The summed E-state index contributed by atoms with van der Waals surface area (Å²) < 4.78 is 54.7. The number of nitrogens with one attached hydrogen (secondary N) is 1. The Hall–Kier alpha value is -3.94. The number of fused-ring (bicyclic) bond motifs is 2. The summed E-state index contributed by atoms with van der Waals surface area (Å²) >= 11 is 0. The van der Waals surface area contributed by atoms with Crippen molar-refractivity contribution in [3.63, 3.8) is 0 Å². The quantitative estimate of drug-likeness (QED) is 0.165. The average molecular weight is 732 g/mol. The lowest BCUT2D eigenvalue weighted by atomic mass is 9.72. The molecule has 0 amide bonds. The molecule has 0 radical (unpaired) electrons. The molecule has 2 N–H and O–H groups in total. The van der Waals surface area contributed by atoms with Gasteiger partial charge >= 0.3 is 12.2 Å². The monoisotopic (exact) mass is 731 g/mol. The summed E-state index contributed by atoms with van der Waals surface area (Å²) in [5.74, 6) is 0.975. The van der Waals surface area contributed by atoms with Gasteiger partial charge in [-0.25, -0.2) is 0 Å². The van der Waals surface area contributed by atoms with Gasteiger partial charge in [0.25, 0.3) is 0 Å². The summed E-state index contributed by atoms with van der Waals surface area (Å²) in [6, 6.07) is 6.68. The molecule has 2 aliphatic carbocycles. The first-order valence-electron chi connectivity index (χ1n) is 19.3. The molecule has 282 valence electrons. The summed E-state index contributed by atoms with van der Waals surface area (Å²) in [6.45, 7) is 9.54. The lowest BCUT2D eigenvalue weighted by Gasteiger charge is -2.55. The van der Waals surface area contributed by atoms with E-state index >= 15 is 0 Å². The number of H-pyrrole nitrogens is 1. The van der Waals surface area contributed by atoms with E-state index in [0.29, 0.717) is 28.3 Å². The number of aromatic amines is 1. The van der Waals surface area contributed by atoms with Crippen LogP contribution >= 0.6 is 0 Å². The van der Waals surface area contributed by atoms with E-state index in [-0.39, 0.29) is 29.2 Å². The Morgan fingerprint density at radius 1 is 1.04 bits per heavy atom. The van der Waals surface area contributed by atoms with Crippen molar-refractivity contribution in [3.05, 3.63) is 48.2 Å². The van der Waals surface area contributed by atoms with Crippen molar-refractivity contribution >= 4 is 27.6 Å². The van der Waals surface area contributed by atoms with Gasteiger partial charge in [0.2, 0.25) is 0 Å². The van der Waals surface area contributed by atoms with Crippen molar-refractivity contribution < 1.29 is 27.8 Å². The van der Waals surface area contributed by atoms with Crippen LogP contribution in [0.15, 0.2) is 37.1 Å². The molecule has 5 heterocycles. The fraction of sp³-hybridized carbons (Fsp3) is 0.575. The van der Waals surface area contributed by atoms with Gasteiger partial charge < -0.3 is 24.4 Å². The van der Waals surface area contributed by atoms with E-state index in [2.05, 4.69) is 32.6 Å². The number of hydrogen-bond acceptors (Lipinski definition) is 9. The molecule has 13 heteroatoms. The fourth-order valence-corrected chi connectivity index (χ4v) is 9.27. The molecule has 53 heavy (non-hydrogen) atoms. The number of halogens is 3. The third-order valence-corrected chi connectivity index (χ3v) is 12.5. The molecule has 9 rings (SSSR count). The van der Waals surface area contributed by atoms with E-state index in [4.69, 9.17) is 19.4 Å². The maximum Gasteiger partial charge on any atom is 0.422 e. The largest absolute Gasteiger partial charge is 0.481 e. The standard InChI is InChI=1S/C40H48F3N7O3/c1-3-32(51)50-21-39(22-50)11-15-49(16-12-39)37-29-19-28(25-8-9-25)34(33-24(2)7-10-31-30(33)20-44-47-31)36(52-23-40(41,42)43)35(29)45-38(46-37)53-27-17-26(18-27)48-13-5-4-6-14-48/h3,7,10,19-20,25-27,32,51H,1,4-6,8-9,11-18,21-23H2,2H3,(H,44,47). The molecule has 1 unspecified atom stereocenters. The molecule has 2 aromatic heterocycles. The van der Waals surface area contributed by atoms with Crippen LogP contribution < -0.4 is 14.4 Å². The Kier molecular flexibility index (Phi) is 8.81. The van der Waals surface area contributed by atoms with E-state index in [9.17, 15) is 18.3 Å². The smallest absolute Gasteiger partial charge is 0.422 e. The van der Waals surface area contributed by atoms with Crippen LogP contribution in [-0.4, -0.2) is 105 Å². The molecule has 0 bridgehead atoms. The molecular formula is C40H48F3N7O3. The van der Waals surface area contributed by atoms with Gasteiger partial charge in [-0.15, -0.1) is 0 Å². The molecule has 3 aliphatic heterocycles. The van der Waals surface area contributed by atoms with Crippen LogP contribution in [0.4, 0.5) is 19.0 Å². The zero-order valence-corrected chi connectivity index (χ0v) is 30.3. The van der Waals surface area contributed by atoms with Gasteiger partial charge in [-0.1, -0.05) is 19.1 Å². The molecule has 4 aromatic rings. The van der Waals surface area contributed by atoms with Gasteiger partial charge in [0, 0.05) is 61.4 Å². The number of hydrogen-bond donors (Lipinski definition) is 2. The number of rotatable bonds is 10. The number of aliphatic hydroxyl groups excluding tert-OH is 1. The highest BCUT2D eigenvalue weighted by Gasteiger charge is 2.47. The second-order valence-electron chi connectivity index (χ2n) is 16.2. The summed E-state index contributed by atoms with van der Waals surface area (Å²) in [5, 5.41) is 19.1.